The van der Waals surface area contributed by atoms with Crippen LogP contribution in [0.1, 0.15) is 0 Å². The first-order valence-corrected chi connectivity index (χ1v) is 5.14. The summed E-state index contributed by atoms with van der Waals surface area (Å²) in [5.41, 5.74) is -0.736. The number of aromatic amines is 1. The molecule has 2 heterocycles. The Morgan fingerprint density at radius 1 is 1.11 bits per heavy atom. The van der Waals surface area contributed by atoms with E-state index >= 15 is 0 Å². The summed E-state index contributed by atoms with van der Waals surface area (Å²) >= 11 is 0. The largest absolute Gasteiger partial charge is 0.312 e. The first kappa shape index (κ1) is 11.5. The number of nitrogens with one attached hydrogen (secondary N) is 1. The second-order valence-electron chi connectivity index (χ2n) is 3.74. The summed E-state index contributed by atoms with van der Waals surface area (Å²) in [6, 6.07) is 1.06. The van der Waals surface area contributed by atoms with Crippen LogP contribution in [0, 0.1) is 17.5 Å². The lowest BCUT2D eigenvalue weighted by atomic mass is 10.3. The molecule has 0 fully saturated rings. The maximum absolute atomic E-state index is 13.6. The van der Waals surface area contributed by atoms with Crippen LogP contribution in [-0.4, -0.2) is 19.7 Å². The van der Waals surface area contributed by atoms with Crippen LogP contribution in [0.25, 0.3) is 16.7 Å². The van der Waals surface area contributed by atoms with E-state index in [9.17, 15) is 18.0 Å². The normalized spacial score (nSPS) is 11.1. The van der Waals surface area contributed by atoms with Gasteiger partial charge in [0.05, 0.1) is 12.5 Å². The molecule has 19 heavy (non-hydrogen) atoms. The lowest BCUT2D eigenvalue weighted by Gasteiger charge is -2.04. The van der Waals surface area contributed by atoms with Crippen LogP contribution in [0.3, 0.4) is 0 Å². The van der Waals surface area contributed by atoms with Crippen LogP contribution < -0.4 is 5.56 Å². The summed E-state index contributed by atoms with van der Waals surface area (Å²) in [7, 11) is 0. The van der Waals surface area contributed by atoms with E-state index in [-0.39, 0.29) is 16.7 Å². The molecule has 1 aromatic carbocycles. The Morgan fingerprint density at radius 3 is 2.63 bits per heavy atom. The van der Waals surface area contributed by atoms with Crippen LogP contribution in [0.4, 0.5) is 13.2 Å². The van der Waals surface area contributed by atoms with Gasteiger partial charge in [-0.2, -0.15) is 5.10 Å². The third-order valence-electron chi connectivity index (χ3n) is 2.59. The third kappa shape index (κ3) is 1.68. The Balaban J connectivity index is 2.34. The highest BCUT2D eigenvalue weighted by Crippen LogP contribution is 2.19. The average molecular weight is 266 g/mol. The molecule has 0 saturated heterocycles. The lowest BCUT2D eigenvalue weighted by molar-refractivity contribution is 0.492. The number of halogens is 3. The molecule has 0 saturated carbocycles. The van der Waals surface area contributed by atoms with Gasteiger partial charge >= 0.3 is 0 Å². The van der Waals surface area contributed by atoms with E-state index < -0.39 is 23.0 Å². The molecule has 3 rings (SSSR count). The molecule has 0 aliphatic carbocycles. The van der Waals surface area contributed by atoms with Crippen molar-refractivity contribution in [1.82, 2.24) is 19.7 Å². The van der Waals surface area contributed by atoms with Crippen LogP contribution in [0.5, 0.6) is 0 Å². The molecule has 0 amide bonds. The quantitative estimate of drug-likeness (QED) is 0.679. The summed E-state index contributed by atoms with van der Waals surface area (Å²) in [4.78, 5) is 17.6. The smallest absolute Gasteiger partial charge is 0.261 e. The minimum atomic E-state index is -1.30. The van der Waals surface area contributed by atoms with E-state index in [1.807, 2.05) is 0 Å². The molecule has 0 unspecified atom stereocenters. The number of hydrogen-bond donors (Lipinski definition) is 1. The Labute approximate surface area is 103 Å². The monoisotopic (exact) mass is 266 g/mol. The Morgan fingerprint density at radius 2 is 1.84 bits per heavy atom. The molecule has 0 bridgehead atoms. The summed E-state index contributed by atoms with van der Waals surface area (Å²) < 4.78 is 40.6. The van der Waals surface area contributed by atoms with Crippen molar-refractivity contribution in [3.05, 3.63) is 52.5 Å². The van der Waals surface area contributed by atoms with Crippen molar-refractivity contribution < 1.29 is 13.2 Å². The van der Waals surface area contributed by atoms with Gasteiger partial charge in [0.15, 0.2) is 23.1 Å². The maximum Gasteiger partial charge on any atom is 0.261 e. The number of hydrogen-bond acceptors (Lipinski definition) is 3. The van der Waals surface area contributed by atoms with Crippen molar-refractivity contribution in [3.8, 4) is 5.69 Å². The second-order valence-corrected chi connectivity index (χ2v) is 3.74. The van der Waals surface area contributed by atoms with Crippen LogP contribution >= 0.6 is 0 Å². The van der Waals surface area contributed by atoms with E-state index in [0.717, 1.165) is 11.0 Å². The van der Waals surface area contributed by atoms with Crippen molar-refractivity contribution >= 4 is 11.0 Å². The number of fused-ring (bicyclic) bond motifs is 1. The standard InChI is InChI=1S/C11H5F3N4O/c12-6-1-8(14)9(2-7(6)13)18-10-5(3-17-18)11(19)16-4-15-10/h1-4H,(H,15,16,19). The van der Waals surface area contributed by atoms with E-state index in [4.69, 9.17) is 0 Å². The summed E-state index contributed by atoms with van der Waals surface area (Å²) in [6.45, 7) is 0. The summed E-state index contributed by atoms with van der Waals surface area (Å²) in [6.07, 6.45) is 2.28. The molecule has 0 radical (unpaired) electrons. The van der Waals surface area contributed by atoms with E-state index in [0.29, 0.717) is 12.1 Å². The van der Waals surface area contributed by atoms with Gasteiger partial charge in [-0.25, -0.2) is 22.8 Å². The fourth-order valence-electron chi connectivity index (χ4n) is 1.71. The number of benzene rings is 1. The average Bonchev–Trinajstić information content (AvgIpc) is 2.79. The second kappa shape index (κ2) is 3.94. The Hall–Kier alpha value is -2.64. The number of H-pyrrole nitrogens is 1. The minimum absolute atomic E-state index is 0.0497. The SMILES string of the molecule is O=c1[nH]cnc2c1cnn2-c1cc(F)c(F)cc1F. The highest BCUT2D eigenvalue weighted by Gasteiger charge is 2.15. The van der Waals surface area contributed by atoms with Gasteiger partial charge in [-0.1, -0.05) is 0 Å². The predicted molar refractivity (Wildman–Crippen MR) is 59.4 cm³/mol. The van der Waals surface area contributed by atoms with Gasteiger partial charge in [0.25, 0.3) is 5.56 Å². The summed E-state index contributed by atoms with van der Waals surface area (Å²) in [5.74, 6) is -3.53. The van der Waals surface area contributed by atoms with Crippen LogP contribution in [-0.2, 0) is 0 Å². The Kier molecular flexibility index (Phi) is 2.37. The van der Waals surface area contributed by atoms with Crippen molar-refractivity contribution in [1.29, 1.82) is 0 Å². The molecule has 96 valence electrons. The van der Waals surface area contributed by atoms with E-state index in [2.05, 4.69) is 15.1 Å². The summed E-state index contributed by atoms with van der Waals surface area (Å²) in [5, 5.41) is 3.88. The van der Waals surface area contributed by atoms with Gasteiger partial charge in [0, 0.05) is 12.1 Å². The van der Waals surface area contributed by atoms with Gasteiger partial charge in [-0.05, 0) is 0 Å². The zero-order valence-corrected chi connectivity index (χ0v) is 9.19. The number of aromatic nitrogens is 4. The molecule has 0 spiro atoms. The first-order chi connectivity index (χ1) is 9.08. The van der Waals surface area contributed by atoms with E-state index in [1.165, 1.54) is 6.20 Å². The van der Waals surface area contributed by atoms with Gasteiger partial charge in [0.2, 0.25) is 0 Å². The predicted octanol–water partition coefficient (Wildman–Crippen LogP) is 1.53. The molecule has 2 aromatic heterocycles. The lowest BCUT2D eigenvalue weighted by Crippen LogP contribution is -2.07. The topological polar surface area (TPSA) is 63.6 Å². The molecule has 0 aliphatic heterocycles. The number of rotatable bonds is 1. The van der Waals surface area contributed by atoms with Gasteiger partial charge < -0.3 is 4.98 Å². The first-order valence-electron chi connectivity index (χ1n) is 5.14. The highest BCUT2D eigenvalue weighted by molar-refractivity contribution is 5.74. The Bertz CT molecular complexity index is 840. The van der Waals surface area contributed by atoms with Crippen molar-refractivity contribution in [3.63, 3.8) is 0 Å². The zero-order valence-electron chi connectivity index (χ0n) is 9.19. The fourth-order valence-corrected chi connectivity index (χ4v) is 1.71. The van der Waals surface area contributed by atoms with E-state index in [1.54, 1.807) is 0 Å². The van der Waals surface area contributed by atoms with Gasteiger partial charge in [-0.3, -0.25) is 4.79 Å². The fraction of sp³-hybridized carbons (Fsp3) is 0. The minimum Gasteiger partial charge on any atom is -0.312 e. The number of nitrogens with zero attached hydrogens (tertiary/aromatic N) is 3. The highest BCUT2D eigenvalue weighted by atomic mass is 19.2. The van der Waals surface area contributed by atoms with Crippen LogP contribution in [0.15, 0.2) is 29.5 Å². The molecule has 0 aliphatic rings. The van der Waals surface area contributed by atoms with Crippen molar-refractivity contribution in [2.24, 2.45) is 0 Å². The van der Waals surface area contributed by atoms with Crippen molar-refractivity contribution in [2.45, 2.75) is 0 Å². The molecule has 5 nitrogen and oxygen atoms in total. The van der Waals surface area contributed by atoms with Crippen LogP contribution in [0.2, 0.25) is 0 Å². The molecule has 1 N–H and O–H groups in total. The molecular weight excluding hydrogens is 261 g/mol. The van der Waals surface area contributed by atoms with Gasteiger partial charge in [-0.15, -0.1) is 0 Å². The molecule has 8 heteroatoms. The molecular formula is C11H5F3N4O. The van der Waals surface area contributed by atoms with Crippen molar-refractivity contribution in [2.75, 3.05) is 0 Å². The zero-order chi connectivity index (χ0) is 13.6. The third-order valence-corrected chi connectivity index (χ3v) is 2.59. The van der Waals surface area contributed by atoms with Gasteiger partial charge in [0.1, 0.15) is 11.1 Å². The maximum atomic E-state index is 13.6. The molecule has 3 aromatic rings. The molecule has 0 atom stereocenters.